The van der Waals surface area contributed by atoms with Crippen molar-refractivity contribution in [3.05, 3.63) is 172 Å². The molecule has 2 heteroatoms. The topological polar surface area (TPSA) is 6.48 Å². The molecule has 358 valence electrons. The monoisotopic (exact) mass is 905 g/mol. The predicted molar refractivity (Wildman–Crippen MR) is 297 cm³/mol. The molecular weight excluding hydrogens is 821 g/mol. The third-order valence-electron chi connectivity index (χ3n) is 17.2. The van der Waals surface area contributed by atoms with E-state index in [4.69, 9.17) is 6.58 Å². The molecule has 5 aromatic carbocycles. The number of rotatable bonds is 9. The first-order chi connectivity index (χ1) is 31.5. The van der Waals surface area contributed by atoms with E-state index in [9.17, 15) is 0 Å². The maximum absolute atomic E-state index is 4.97. The molecule has 0 aromatic heterocycles. The van der Waals surface area contributed by atoms with E-state index in [1.54, 1.807) is 0 Å². The van der Waals surface area contributed by atoms with Gasteiger partial charge in [0.05, 0.1) is 5.69 Å². The molecule has 0 bridgehead atoms. The van der Waals surface area contributed by atoms with Gasteiger partial charge >= 0.3 is 0 Å². The van der Waals surface area contributed by atoms with Gasteiger partial charge in [-0.05, 0) is 195 Å². The Balaban J connectivity index is 1.39. The Labute approximate surface area is 413 Å². The van der Waals surface area contributed by atoms with Crippen molar-refractivity contribution in [2.45, 2.75) is 183 Å². The Morgan fingerprint density at radius 1 is 0.500 bits per heavy atom. The van der Waals surface area contributed by atoms with E-state index in [1.165, 1.54) is 92.7 Å². The Morgan fingerprint density at radius 3 is 1.57 bits per heavy atom. The average Bonchev–Trinajstić information content (AvgIpc) is 3.26. The third-order valence-corrected chi connectivity index (χ3v) is 17.2. The second-order valence-electron chi connectivity index (χ2n) is 26.2. The number of allylic oxidation sites excluding steroid dienone is 4. The number of aryl methyl sites for hydroxylation is 1. The van der Waals surface area contributed by atoms with E-state index in [0.717, 1.165) is 35.6 Å². The zero-order chi connectivity index (χ0) is 49.6. The molecule has 0 radical (unpaired) electrons. The van der Waals surface area contributed by atoms with Gasteiger partial charge in [-0.15, -0.1) is 0 Å². The lowest BCUT2D eigenvalue weighted by Gasteiger charge is -2.43. The van der Waals surface area contributed by atoms with Crippen molar-refractivity contribution in [3.63, 3.8) is 0 Å². The molecule has 3 aliphatic rings. The van der Waals surface area contributed by atoms with Crippen molar-refractivity contribution in [3.8, 4) is 11.1 Å². The highest BCUT2D eigenvalue weighted by Gasteiger charge is 2.40. The summed E-state index contributed by atoms with van der Waals surface area (Å²) in [5, 5.41) is 0. The maximum Gasteiger partial charge on any atom is 0.0540 e. The molecule has 0 N–H and O–H groups in total. The smallest absolute Gasteiger partial charge is 0.0540 e. The molecule has 0 amide bonds. The first-order valence-corrected chi connectivity index (χ1v) is 25.8. The van der Waals surface area contributed by atoms with Crippen molar-refractivity contribution < 1.29 is 0 Å². The van der Waals surface area contributed by atoms with Gasteiger partial charge in [0.15, 0.2) is 0 Å². The molecule has 0 atom stereocenters. The van der Waals surface area contributed by atoms with Crippen LogP contribution in [0.25, 0.3) is 11.1 Å². The van der Waals surface area contributed by atoms with Crippen LogP contribution in [0.3, 0.4) is 0 Å². The molecule has 0 unspecified atom stereocenters. The van der Waals surface area contributed by atoms with Gasteiger partial charge in [0.1, 0.15) is 0 Å². The van der Waals surface area contributed by atoms with Crippen LogP contribution in [-0.4, -0.2) is 0 Å². The van der Waals surface area contributed by atoms with Crippen molar-refractivity contribution in [2.24, 2.45) is 10.8 Å². The van der Waals surface area contributed by atoms with E-state index in [-0.39, 0.29) is 37.9 Å². The molecule has 0 saturated carbocycles. The zero-order valence-electron chi connectivity index (χ0n) is 45.3. The Bertz CT molecular complexity index is 2810. The molecule has 0 heterocycles. The van der Waals surface area contributed by atoms with Gasteiger partial charge in [-0.2, -0.15) is 0 Å². The Morgan fingerprint density at radius 2 is 1.00 bits per heavy atom. The lowest BCUT2D eigenvalue weighted by Crippen LogP contribution is -2.34. The van der Waals surface area contributed by atoms with Gasteiger partial charge in [0.25, 0.3) is 0 Å². The van der Waals surface area contributed by atoms with E-state index in [2.05, 4.69) is 243 Å². The maximum atomic E-state index is 4.97. The lowest BCUT2D eigenvalue weighted by molar-refractivity contribution is 0.267. The summed E-state index contributed by atoms with van der Waals surface area (Å²) in [6.45, 7) is 45.7. The lowest BCUT2D eigenvalue weighted by atomic mass is 9.63. The molecule has 3 aliphatic carbocycles. The summed E-state index contributed by atoms with van der Waals surface area (Å²) in [6, 6.07) is 40.1. The van der Waals surface area contributed by atoms with Crippen molar-refractivity contribution >= 4 is 28.4 Å². The number of benzene rings is 5. The summed E-state index contributed by atoms with van der Waals surface area (Å²) in [7, 11) is 0. The number of nitrogens with zero attached hydrogens (tertiary/aromatic N) is 2. The van der Waals surface area contributed by atoms with E-state index in [1.807, 2.05) is 0 Å². The van der Waals surface area contributed by atoms with Gasteiger partial charge in [-0.1, -0.05) is 171 Å². The Hall–Kier alpha value is -5.08. The van der Waals surface area contributed by atoms with Crippen LogP contribution in [0.5, 0.6) is 0 Å². The molecule has 2 nitrogen and oxygen atoms in total. The van der Waals surface area contributed by atoms with Crippen molar-refractivity contribution in [1.82, 2.24) is 0 Å². The fourth-order valence-corrected chi connectivity index (χ4v) is 11.8. The third kappa shape index (κ3) is 9.23. The van der Waals surface area contributed by atoms with Gasteiger partial charge in [0, 0.05) is 34.0 Å². The molecule has 5 aromatic rings. The minimum Gasteiger partial charge on any atom is -0.311 e. The summed E-state index contributed by atoms with van der Waals surface area (Å²) in [5.74, 6) is 0. The van der Waals surface area contributed by atoms with E-state index >= 15 is 0 Å². The first-order valence-electron chi connectivity index (χ1n) is 25.8. The number of hydrogen-bond acceptors (Lipinski definition) is 2. The van der Waals surface area contributed by atoms with Crippen LogP contribution in [0.2, 0.25) is 0 Å². The quantitative estimate of drug-likeness (QED) is 0.136. The van der Waals surface area contributed by atoms with Crippen LogP contribution < -0.4 is 9.80 Å². The average molecular weight is 905 g/mol. The molecule has 0 spiro atoms. The van der Waals surface area contributed by atoms with Crippen LogP contribution >= 0.6 is 0 Å². The minimum absolute atomic E-state index is 0.0188. The zero-order valence-corrected chi connectivity index (χ0v) is 45.3. The number of fused-ring (bicyclic) bond motifs is 2. The largest absolute Gasteiger partial charge is 0.311 e. The van der Waals surface area contributed by atoms with Crippen LogP contribution in [-0.2, 0) is 27.1 Å². The van der Waals surface area contributed by atoms with Crippen LogP contribution in [0.1, 0.15) is 183 Å². The second kappa shape index (κ2) is 17.1. The van der Waals surface area contributed by atoms with E-state index in [0.29, 0.717) is 0 Å². The van der Waals surface area contributed by atoms with Gasteiger partial charge in [0.2, 0.25) is 0 Å². The normalized spacial score (nSPS) is 19.8. The minimum atomic E-state index is -0.0188. The van der Waals surface area contributed by atoms with Crippen LogP contribution in [0.4, 0.5) is 28.4 Å². The summed E-state index contributed by atoms with van der Waals surface area (Å²) in [6.07, 6.45) is 11.8. The van der Waals surface area contributed by atoms with Gasteiger partial charge in [-0.25, -0.2) is 0 Å². The number of hydrogen-bond donors (Lipinski definition) is 0. The Kier molecular flexibility index (Phi) is 12.4. The van der Waals surface area contributed by atoms with Gasteiger partial charge in [-0.3, -0.25) is 0 Å². The molecule has 0 aliphatic heterocycles. The number of anilines is 5. The first kappa shape index (κ1) is 49.3. The van der Waals surface area contributed by atoms with E-state index < -0.39 is 0 Å². The fraction of sp³-hybridized carbons (Fsp3) is 0.455. The molecule has 0 saturated heterocycles. The molecule has 68 heavy (non-hydrogen) atoms. The highest BCUT2D eigenvalue weighted by molar-refractivity contribution is 5.90. The summed E-state index contributed by atoms with van der Waals surface area (Å²) in [5.41, 5.74) is 21.0. The molecule has 8 rings (SSSR count). The fourth-order valence-electron chi connectivity index (χ4n) is 11.8. The van der Waals surface area contributed by atoms with Crippen molar-refractivity contribution in [1.29, 1.82) is 0 Å². The highest BCUT2D eigenvalue weighted by Crippen LogP contribution is 2.53. The summed E-state index contributed by atoms with van der Waals surface area (Å²) < 4.78 is 0. The van der Waals surface area contributed by atoms with Gasteiger partial charge < -0.3 is 9.80 Å². The van der Waals surface area contributed by atoms with Crippen molar-refractivity contribution in [2.75, 3.05) is 9.80 Å². The molecule has 0 fully saturated rings. The van der Waals surface area contributed by atoms with Crippen LogP contribution in [0.15, 0.2) is 139 Å². The summed E-state index contributed by atoms with van der Waals surface area (Å²) in [4.78, 5) is 5.00. The SMILES string of the molecule is C=C(/C=C\C1=C(C)C(C)(C)CCC1(C)C)N(c1cc(C)cc(N(c2ccc3c(c2)C(C)(C)CCC3(C)C)c2ccc(C(C)(C)C)cc2-c2ccccc2)c1)c1ccc2c(c1)C(C)(C)CCC2(C)C. The van der Waals surface area contributed by atoms with Crippen LogP contribution in [0, 0.1) is 17.8 Å². The summed E-state index contributed by atoms with van der Waals surface area (Å²) >= 11 is 0. The molecular formula is C66H84N2. The second-order valence-corrected chi connectivity index (χ2v) is 26.2. The standard InChI is InChI=1S/C66H84N2/c1-44-38-51(67(45(2)24-28-54-46(3)61(7,8)32-33-62(54,9)10)49-26-29-55-57(42-49)65(15,16)36-34-63(55,11)12)41-52(39-44)68(50-27-30-56-58(43-50)66(17,18)37-35-64(56,13)14)59-31-25-48(60(4,5)6)40-53(59)47-22-20-19-21-23-47/h19-31,38-43H,2,32-37H2,1,3-18H3/b28-24-. The predicted octanol–water partition coefficient (Wildman–Crippen LogP) is 19.5. The highest BCUT2D eigenvalue weighted by atomic mass is 15.2.